The summed E-state index contributed by atoms with van der Waals surface area (Å²) in [4.78, 5) is 10.7. The molecule has 0 bridgehead atoms. The van der Waals surface area contributed by atoms with Crippen LogP contribution in [0.4, 0.5) is 11.4 Å². The normalized spacial score (nSPS) is 12.0. The number of unbranched alkanes of at least 4 members (excludes halogenated alkanes) is 6. The van der Waals surface area contributed by atoms with Gasteiger partial charge in [0.1, 0.15) is 0 Å². The van der Waals surface area contributed by atoms with Gasteiger partial charge in [-0.05, 0) is 97.9 Å². The minimum atomic E-state index is 0. The summed E-state index contributed by atoms with van der Waals surface area (Å²) in [5.74, 6) is 0. The Hall–Kier alpha value is -1.56. The number of hydrogen-bond donors (Lipinski definition) is 0. The van der Waals surface area contributed by atoms with E-state index >= 15 is 0 Å². The Morgan fingerprint density at radius 3 is 1.27 bits per heavy atom. The Kier molecular flexibility index (Phi) is 21.0. The van der Waals surface area contributed by atoms with Crippen molar-refractivity contribution in [1.29, 1.82) is 0 Å². The molecule has 0 spiro atoms. The van der Waals surface area contributed by atoms with E-state index in [0.717, 1.165) is 56.3 Å². The van der Waals surface area contributed by atoms with Crippen LogP contribution in [0, 0.1) is 0 Å². The largest absolute Gasteiger partial charge is 0.252 e. The molecule has 0 saturated heterocycles. The van der Waals surface area contributed by atoms with Crippen molar-refractivity contribution >= 4 is 22.8 Å². The smallest absolute Gasteiger partial charge is 0.0636 e. The van der Waals surface area contributed by atoms with Gasteiger partial charge < -0.3 is 0 Å². The first-order chi connectivity index (χ1) is 19.6. The van der Waals surface area contributed by atoms with Crippen molar-refractivity contribution in [1.82, 2.24) is 0 Å². The van der Waals surface area contributed by atoms with Gasteiger partial charge in [-0.3, -0.25) is 9.98 Å². The fourth-order valence-corrected chi connectivity index (χ4v) is 5.65. The molecule has 0 fully saturated rings. The molecular weight excluding hydrogens is 591 g/mol. The summed E-state index contributed by atoms with van der Waals surface area (Å²) in [6.07, 6.45) is 21.4. The number of aryl methyl sites for hydroxylation is 4. The van der Waals surface area contributed by atoms with Crippen molar-refractivity contribution in [3.63, 3.8) is 0 Å². The maximum absolute atomic E-state index is 5.38. The summed E-state index contributed by atoms with van der Waals surface area (Å²) >= 11 is 0. The van der Waals surface area contributed by atoms with E-state index in [1.54, 1.807) is 0 Å². The SMILES string of the molecule is CCCCCCCCC(=N\c1ccc(CCC)c(CCC)c1)/C(CCCC)=N/c1ccc(CCC)c(CCC)c1.[Pd]. The summed E-state index contributed by atoms with van der Waals surface area (Å²) < 4.78 is 0. The third-order valence-electron chi connectivity index (χ3n) is 7.85. The number of rotatable bonds is 21. The van der Waals surface area contributed by atoms with Crippen LogP contribution in [0.5, 0.6) is 0 Å². The summed E-state index contributed by atoms with van der Waals surface area (Å²) in [5.41, 5.74) is 10.6. The van der Waals surface area contributed by atoms with Crippen LogP contribution in [-0.2, 0) is 46.1 Å². The van der Waals surface area contributed by atoms with Gasteiger partial charge in [0.05, 0.1) is 22.8 Å². The zero-order valence-corrected chi connectivity index (χ0v) is 29.0. The van der Waals surface area contributed by atoms with Gasteiger partial charge in [-0.25, -0.2) is 0 Å². The Balaban J connectivity index is 0.00000840. The third-order valence-corrected chi connectivity index (χ3v) is 7.85. The second-order valence-electron chi connectivity index (χ2n) is 11.6. The number of benzene rings is 2. The topological polar surface area (TPSA) is 24.7 Å². The van der Waals surface area contributed by atoms with Crippen molar-refractivity contribution in [3.8, 4) is 0 Å². The van der Waals surface area contributed by atoms with Gasteiger partial charge >= 0.3 is 0 Å². The van der Waals surface area contributed by atoms with Crippen molar-refractivity contribution in [2.75, 3.05) is 0 Å². The molecule has 2 aromatic rings. The van der Waals surface area contributed by atoms with Crippen LogP contribution < -0.4 is 0 Å². The van der Waals surface area contributed by atoms with E-state index < -0.39 is 0 Å². The second kappa shape index (κ2) is 23.0. The van der Waals surface area contributed by atoms with Crippen LogP contribution >= 0.6 is 0 Å². The molecule has 0 aliphatic rings. The molecule has 0 unspecified atom stereocenters. The van der Waals surface area contributed by atoms with E-state index in [2.05, 4.69) is 77.9 Å². The Morgan fingerprint density at radius 2 is 0.829 bits per heavy atom. The number of aliphatic imine (C=N–C) groups is 2. The van der Waals surface area contributed by atoms with Gasteiger partial charge in [0, 0.05) is 20.4 Å². The molecule has 0 N–H and O–H groups in total. The van der Waals surface area contributed by atoms with Gasteiger partial charge in [-0.15, -0.1) is 0 Å². The summed E-state index contributed by atoms with van der Waals surface area (Å²) in [6.45, 7) is 13.7. The van der Waals surface area contributed by atoms with Crippen molar-refractivity contribution in [2.45, 2.75) is 157 Å². The van der Waals surface area contributed by atoms with E-state index in [0.29, 0.717) is 0 Å². The van der Waals surface area contributed by atoms with Gasteiger partial charge in [0.2, 0.25) is 0 Å². The van der Waals surface area contributed by atoms with Crippen LogP contribution in [0.15, 0.2) is 46.4 Å². The maximum Gasteiger partial charge on any atom is 0.0636 e. The van der Waals surface area contributed by atoms with Crippen molar-refractivity contribution < 1.29 is 20.4 Å². The van der Waals surface area contributed by atoms with E-state index in [1.165, 1.54) is 104 Å². The third kappa shape index (κ3) is 14.0. The molecule has 0 saturated carbocycles. The summed E-state index contributed by atoms with van der Waals surface area (Å²) in [6, 6.07) is 13.9. The quantitative estimate of drug-likeness (QED) is 0.0729. The standard InChI is InChI=1S/C38H60N2.Pd/c1-7-13-15-16-17-18-24-38(40-36-28-26-32(20-10-4)34(30-36)22-12-6)37(23-14-8-2)39-35-27-25-31(19-9-3)33(29-35)21-11-5;/h25-30H,7-24H2,1-6H3;/b39-37+,40-38+;. The van der Waals surface area contributed by atoms with Gasteiger partial charge in [-0.1, -0.05) is 118 Å². The van der Waals surface area contributed by atoms with Crippen molar-refractivity contribution in [2.24, 2.45) is 9.98 Å². The molecule has 0 aliphatic carbocycles. The molecule has 0 heterocycles. The molecule has 0 aromatic heterocycles. The average Bonchev–Trinajstić information content (AvgIpc) is 2.95. The Bertz CT molecular complexity index is 1040. The van der Waals surface area contributed by atoms with Crippen LogP contribution in [-0.4, -0.2) is 11.4 Å². The first kappa shape index (κ1) is 37.5. The molecule has 0 atom stereocenters. The molecule has 2 aromatic carbocycles. The van der Waals surface area contributed by atoms with Crippen LogP contribution in [0.3, 0.4) is 0 Å². The fourth-order valence-electron chi connectivity index (χ4n) is 5.65. The molecule has 0 radical (unpaired) electrons. The zero-order chi connectivity index (χ0) is 29.0. The number of nitrogens with zero attached hydrogens (tertiary/aromatic N) is 2. The van der Waals surface area contributed by atoms with Crippen LogP contribution in [0.1, 0.15) is 154 Å². The van der Waals surface area contributed by atoms with E-state index in [4.69, 9.17) is 9.98 Å². The molecule has 0 aliphatic heterocycles. The predicted molar refractivity (Wildman–Crippen MR) is 181 cm³/mol. The Labute approximate surface area is 268 Å². The monoisotopic (exact) mass is 650 g/mol. The van der Waals surface area contributed by atoms with E-state index in [1.807, 2.05) is 0 Å². The van der Waals surface area contributed by atoms with Gasteiger partial charge in [-0.2, -0.15) is 0 Å². The van der Waals surface area contributed by atoms with Gasteiger partial charge in [0.15, 0.2) is 0 Å². The Morgan fingerprint density at radius 1 is 0.439 bits per heavy atom. The molecular formula is C38H60N2Pd. The fraction of sp³-hybridized carbons (Fsp3) is 0.632. The van der Waals surface area contributed by atoms with E-state index in [9.17, 15) is 0 Å². The molecule has 41 heavy (non-hydrogen) atoms. The van der Waals surface area contributed by atoms with Crippen LogP contribution in [0.2, 0.25) is 0 Å². The van der Waals surface area contributed by atoms with Gasteiger partial charge in [0.25, 0.3) is 0 Å². The second-order valence-corrected chi connectivity index (χ2v) is 11.6. The molecule has 3 heteroatoms. The zero-order valence-electron chi connectivity index (χ0n) is 27.4. The number of hydrogen-bond acceptors (Lipinski definition) is 2. The molecule has 0 amide bonds. The predicted octanol–water partition coefficient (Wildman–Crippen LogP) is 12.3. The average molecular weight is 651 g/mol. The summed E-state index contributed by atoms with van der Waals surface area (Å²) in [5, 5.41) is 0. The minimum Gasteiger partial charge on any atom is -0.252 e. The molecule has 2 nitrogen and oxygen atoms in total. The molecule has 232 valence electrons. The first-order valence-electron chi connectivity index (χ1n) is 17.0. The first-order valence-corrected chi connectivity index (χ1v) is 17.0. The van der Waals surface area contributed by atoms with Crippen molar-refractivity contribution in [3.05, 3.63) is 58.7 Å². The summed E-state index contributed by atoms with van der Waals surface area (Å²) in [7, 11) is 0. The van der Waals surface area contributed by atoms with E-state index in [-0.39, 0.29) is 20.4 Å². The minimum absolute atomic E-state index is 0. The maximum atomic E-state index is 5.38. The van der Waals surface area contributed by atoms with Crippen LogP contribution in [0.25, 0.3) is 0 Å². The molecule has 2 rings (SSSR count).